The van der Waals surface area contributed by atoms with E-state index in [0.717, 1.165) is 5.56 Å². The standard InChI is InChI=1S/C13H14O3/c1-4-11-5-6-13(16-10(3)15)12(8-11)7-9(2)14/h4-6,8H,1,7H2,2-3H3. The third-order valence-corrected chi connectivity index (χ3v) is 2.01. The second kappa shape index (κ2) is 5.26. The van der Waals surface area contributed by atoms with Crippen molar-refractivity contribution >= 4 is 17.8 Å². The van der Waals surface area contributed by atoms with Crippen molar-refractivity contribution < 1.29 is 14.3 Å². The highest BCUT2D eigenvalue weighted by Gasteiger charge is 2.08. The van der Waals surface area contributed by atoms with Crippen LogP contribution in [-0.4, -0.2) is 11.8 Å². The molecule has 0 saturated heterocycles. The van der Waals surface area contributed by atoms with Crippen molar-refractivity contribution in [3.63, 3.8) is 0 Å². The van der Waals surface area contributed by atoms with E-state index in [1.165, 1.54) is 13.8 Å². The second-order valence-electron chi connectivity index (χ2n) is 3.54. The van der Waals surface area contributed by atoms with Crippen molar-refractivity contribution in [2.75, 3.05) is 0 Å². The Kier molecular flexibility index (Phi) is 4.00. The Balaban J connectivity index is 3.09. The molecule has 0 radical (unpaired) electrons. The molecule has 0 bridgehead atoms. The molecule has 0 aliphatic rings. The molecule has 1 aromatic rings. The summed E-state index contributed by atoms with van der Waals surface area (Å²) in [4.78, 5) is 22.0. The molecule has 0 aromatic heterocycles. The summed E-state index contributed by atoms with van der Waals surface area (Å²) in [5, 5.41) is 0. The zero-order valence-corrected chi connectivity index (χ0v) is 9.45. The van der Waals surface area contributed by atoms with Crippen molar-refractivity contribution in [3.8, 4) is 5.75 Å². The van der Waals surface area contributed by atoms with Gasteiger partial charge in [-0.3, -0.25) is 9.59 Å². The average Bonchev–Trinajstić information content (AvgIpc) is 2.19. The Morgan fingerprint density at radius 2 is 2.06 bits per heavy atom. The molecule has 0 saturated carbocycles. The first-order valence-electron chi connectivity index (χ1n) is 4.96. The topological polar surface area (TPSA) is 43.4 Å². The molecular weight excluding hydrogens is 204 g/mol. The van der Waals surface area contributed by atoms with Crippen LogP contribution in [0.1, 0.15) is 25.0 Å². The van der Waals surface area contributed by atoms with Gasteiger partial charge in [-0.15, -0.1) is 0 Å². The van der Waals surface area contributed by atoms with Gasteiger partial charge in [0.1, 0.15) is 11.5 Å². The molecule has 3 heteroatoms. The van der Waals surface area contributed by atoms with Crippen LogP contribution in [0.4, 0.5) is 0 Å². The average molecular weight is 218 g/mol. The fourth-order valence-corrected chi connectivity index (χ4v) is 1.39. The first-order chi connectivity index (χ1) is 7.52. The van der Waals surface area contributed by atoms with Gasteiger partial charge >= 0.3 is 5.97 Å². The van der Waals surface area contributed by atoms with Crippen LogP contribution >= 0.6 is 0 Å². The van der Waals surface area contributed by atoms with Crippen LogP contribution < -0.4 is 4.74 Å². The monoisotopic (exact) mass is 218 g/mol. The van der Waals surface area contributed by atoms with Gasteiger partial charge in [0.25, 0.3) is 0 Å². The first-order valence-corrected chi connectivity index (χ1v) is 4.96. The van der Waals surface area contributed by atoms with Gasteiger partial charge in [0, 0.05) is 18.9 Å². The predicted molar refractivity (Wildman–Crippen MR) is 62.2 cm³/mol. The summed E-state index contributed by atoms with van der Waals surface area (Å²) in [5.74, 6) is 0.0686. The Morgan fingerprint density at radius 3 is 2.56 bits per heavy atom. The van der Waals surface area contributed by atoms with Gasteiger partial charge < -0.3 is 4.74 Å². The van der Waals surface area contributed by atoms with E-state index >= 15 is 0 Å². The maximum Gasteiger partial charge on any atom is 0.308 e. The summed E-state index contributed by atoms with van der Waals surface area (Å²) in [6.07, 6.45) is 1.94. The Labute approximate surface area is 94.7 Å². The van der Waals surface area contributed by atoms with Gasteiger partial charge in [0.15, 0.2) is 0 Å². The SMILES string of the molecule is C=Cc1ccc(OC(C)=O)c(CC(C)=O)c1. The second-order valence-corrected chi connectivity index (χ2v) is 3.54. The Bertz CT molecular complexity index is 433. The maximum absolute atomic E-state index is 11.1. The van der Waals surface area contributed by atoms with E-state index in [4.69, 9.17) is 4.74 Å². The van der Waals surface area contributed by atoms with E-state index in [1.54, 1.807) is 24.3 Å². The zero-order chi connectivity index (χ0) is 12.1. The third-order valence-electron chi connectivity index (χ3n) is 2.01. The third kappa shape index (κ3) is 3.35. The number of carbonyl (C=O) groups is 2. The quantitative estimate of drug-likeness (QED) is 0.575. The normalized spacial score (nSPS) is 9.62. The molecule has 16 heavy (non-hydrogen) atoms. The number of rotatable bonds is 4. The number of Topliss-reactive ketones (excluding diaryl/α,β-unsaturated/α-hetero) is 1. The van der Waals surface area contributed by atoms with Gasteiger partial charge in [0.05, 0.1) is 0 Å². The zero-order valence-electron chi connectivity index (χ0n) is 9.45. The van der Waals surface area contributed by atoms with E-state index in [9.17, 15) is 9.59 Å². The summed E-state index contributed by atoms with van der Waals surface area (Å²) in [7, 11) is 0. The van der Waals surface area contributed by atoms with Crippen molar-refractivity contribution in [1.29, 1.82) is 0 Å². The smallest absolute Gasteiger partial charge is 0.308 e. The highest BCUT2D eigenvalue weighted by molar-refractivity contribution is 5.80. The van der Waals surface area contributed by atoms with Crippen molar-refractivity contribution in [2.24, 2.45) is 0 Å². The summed E-state index contributed by atoms with van der Waals surface area (Å²) < 4.78 is 5.02. The minimum Gasteiger partial charge on any atom is -0.426 e. The van der Waals surface area contributed by atoms with Crippen molar-refractivity contribution in [1.82, 2.24) is 0 Å². The molecule has 0 heterocycles. The van der Waals surface area contributed by atoms with Crippen LogP contribution in [-0.2, 0) is 16.0 Å². The number of benzene rings is 1. The molecule has 3 nitrogen and oxygen atoms in total. The van der Waals surface area contributed by atoms with Gasteiger partial charge in [0.2, 0.25) is 0 Å². The number of hydrogen-bond donors (Lipinski definition) is 0. The number of carbonyl (C=O) groups excluding carboxylic acids is 2. The molecule has 0 aliphatic heterocycles. The summed E-state index contributed by atoms with van der Waals surface area (Å²) in [6.45, 7) is 6.48. The highest BCUT2D eigenvalue weighted by atomic mass is 16.5. The van der Waals surface area contributed by atoms with Crippen LogP contribution in [0.25, 0.3) is 6.08 Å². The molecule has 1 aromatic carbocycles. The summed E-state index contributed by atoms with van der Waals surface area (Å²) in [6, 6.07) is 5.26. The van der Waals surface area contributed by atoms with Gasteiger partial charge in [-0.2, -0.15) is 0 Å². The Hall–Kier alpha value is -1.90. The molecule has 1 rings (SSSR count). The van der Waals surface area contributed by atoms with Gasteiger partial charge in [-0.05, 0) is 24.6 Å². The molecule has 0 fully saturated rings. The number of hydrogen-bond acceptors (Lipinski definition) is 3. The van der Waals surface area contributed by atoms with E-state index < -0.39 is 5.97 Å². The molecule has 84 valence electrons. The van der Waals surface area contributed by atoms with Crippen LogP contribution in [0.15, 0.2) is 24.8 Å². The van der Waals surface area contributed by atoms with Gasteiger partial charge in [-0.25, -0.2) is 0 Å². The fourth-order valence-electron chi connectivity index (χ4n) is 1.39. The number of ether oxygens (including phenoxy) is 1. The van der Waals surface area contributed by atoms with Crippen molar-refractivity contribution in [2.45, 2.75) is 20.3 Å². The van der Waals surface area contributed by atoms with Crippen LogP contribution in [0.5, 0.6) is 5.75 Å². The minimum absolute atomic E-state index is 0.0228. The van der Waals surface area contributed by atoms with Crippen LogP contribution in [0.2, 0.25) is 0 Å². The van der Waals surface area contributed by atoms with Crippen molar-refractivity contribution in [3.05, 3.63) is 35.9 Å². The maximum atomic E-state index is 11.1. The molecule has 0 amide bonds. The molecule has 0 unspecified atom stereocenters. The number of esters is 1. The Morgan fingerprint density at radius 1 is 1.38 bits per heavy atom. The minimum atomic E-state index is -0.392. The molecule has 0 spiro atoms. The van der Waals surface area contributed by atoms with E-state index in [0.29, 0.717) is 11.3 Å². The lowest BCUT2D eigenvalue weighted by Gasteiger charge is -2.08. The van der Waals surface area contributed by atoms with E-state index in [1.807, 2.05) is 0 Å². The van der Waals surface area contributed by atoms with Gasteiger partial charge in [-0.1, -0.05) is 18.7 Å². The lowest BCUT2D eigenvalue weighted by molar-refractivity contribution is -0.132. The highest BCUT2D eigenvalue weighted by Crippen LogP contribution is 2.21. The lowest BCUT2D eigenvalue weighted by atomic mass is 10.0. The molecule has 0 aliphatic carbocycles. The van der Waals surface area contributed by atoms with Crippen LogP contribution in [0, 0.1) is 0 Å². The molecule has 0 atom stereocenters. The molecular formula is C13H14O3. The first kappa shape index (κ1) is 12.2. The summed E-state index contributed by atoms with van der Waals surface area (Å²) >= 11 is 0. The van der Waals surface area contributed by atoms with E-state index in [-0.39, 0.29) is 12.2 Å². The van der Waals surface area contributed by atoms with E-state index in [2.05, 4.69) is 6.58 Å². The predicted octanol–water partition coefficient (Wildman–Crippen LogP) is 2.39. The fraction of sp³-hybridized carbons (Fsp3) is 0.231. The lowest BCUT2D eigenvalue weighted by Crippen LogP contribution is -2.06. The summed E-state index contributed by atoms with van der Waals surface area (Å²) in [5.41, 5.74) is 1.60. The number of ketones is 1. The largest absolute Gasteiger partial charge is 0.426 e. The van der Waals surface area contributed by atoms with Crippen LogP contribution in [0.3, 0.4) is 0 Å². The molecule has 0 N–H and O–H groups in total.